The summed E-state index contributed by atoms with van der Waals surface area (Å²) in [7, 11) is 4.18. The van der Waals surface area contributed by atoms with Gasteiger partial charge in [-0.3, -0.25) is 0 Å². The third-order valence-corrected chi connectivity index (χ3v) is 2.65. The second-order valence-electron chi connectivity index (χ2n) is 4.11. The van der Waals surface area contributed by atoms with Crippen molar-refractivity contribution in [3.8, 4) is 0 Å². The van der Waals surface area contributed by atoms with Crippen molar-refractivity contribution in [3.63, 3.8) is 0 Å². The molecule has 0 amide bonds. The Morgan fingerprint density at radius 2 is 1.93 bits per heavy atom. The fourth-order valence-electron chi connectivity index (χ4n) is 1.57. The number of hydrogen-bond acceptors (Lipinski definition) is 1. The predicted octanol–water partition coefficient (Wildman–Crippen LogP) is 3.40. The van der Waals surface area contributed by atoms with E-state index in [1.165, 1.54) is 36.1 Å². The zero-order valence-corrected chi connectivity index (χ0v) is 9.80. The van der Waals surface area contributed by atoms with Crippen molar-refractivity contribution >= 4 is 5.69 Å². The number of aryl methyl sites for hydroxylation is 2. The lowest BCUT2D eigenvalue weighted by molar-refractivity contribution is 0.791. The largest absolute Gasteiger partial charge is 0.378 e. The molecule has 1 aromatic rings. The fraction of sp³-hybridized carbons (Fsp3) is 0.538. The molecule has 0 aromatic heterocycles. The molecule has 14 heavy (non-hydrogen) atoms. The molecule has 0 N–H and O–H groups in total. The Bertz CT molecular complexity index is 289. The maximum Gasteiger partial charge on any atom is 0.0363 e. The smallest absolute Gasteiger partial charge is 0.0363 e. The molecule has 0 unspecified atom stereocenters. The molecule has 1 rings (SSSR count). The van der Waals surface area contributed by atoms with Gasteiger partial charge in [-0.2, -0.15) is 0 Å². The number of nitrogens with zero attached hydrogens (tertiary/aromatic N) is 1. The summed E-state index contributed by atoms with van der Waals surface area (Å²) in [6, 6.07) is 6.72. The Morgan fingerprint density at radius 3 is 2.50 bits per heavy atom. The Hall–Kier alpha value is -0.980. The first-order valence-corrected chi connectivity index (χ1v) is 5.42. The van der Waals surface area contributed by atoms with Gasteiger partial charge in [-0.25, -0.2) is 0 Å². The van der Waals surface area contributed by atoms with Crippen LogP contribution < -0.4 is 4.90 Å². The van der Waals surface area contributed by atoms with Gasteiger partial charge in [0.2, 0.25) is 0 Å². The van der Waals surface area contributed by atoms with Gasteiger partial charge >= 0.3 is 0 Å². The number of rotatable bonds is 4. The fourth-order valence-corrected chi connectivity index (χ4v) is 1.57. The van der Waals surface area contributed by atoms with Crippen LogP contribution in [0.3, 0.4) is 0 Å². The van der Waals surface area contributed by atoms with E-state index in [4.69, 9.17) is 0 Å². The Kier molecular flexibility index (Phi) is 3.99. The minimum atomic E-state index is 1.21. The van der Waals surface area contributed by atoms with Gasteiger partial charge in [0.05, 0.1) is 0 Å². The first-order chi connectivity index (χ1) is 6.65. The van der Waals surface area contributed by atoms with E-state index in [9.17, 15) is 0 Å². The molecular formula is C13H21N. The highest BCUT2D eigenvalue weighted by Gasteiger charge is 2.01. The van der Waals surface area contributed by atoms with Crippen LogP contribution in [0.15, 0.2) is 18.2 Å². The monoisotopic (exact) mass is 191 g/mol. The topological polar surface area (TPSA) is 3.24 Å². The highest BCUT2D eigenvalue weighted by atomic mass is 15.1. The van der Waals surface area contributed by atoms with Crippen LogP contribution in [-0.2, 0) is 6.42 Å². The molecule has 0 aliphatic rings. The van der Waals surface area contributed by atoms with Gasteiger partial charge in [0.15, 0.2) is 0 Å². The van der Waals surface area contributed by atoms with Crippen molar-refractivity contribution in [3.05, 3.63) is 29.3 Å². The van der Waals surface area contributed by atoms with Crippen molar-refractivity contribution in [2.24, 2.45) is 0 Å². The number of benzene rings is 1. The van der Waals surface area contributed by atoms with E-state index in [0.29, 0.717) is 0 Å². The zero-order chi connectivity index (χ0) is 10.6. The minimum Gasteiger partial charge on any atom is -0.378 e. The van der Waals surface area contributed by atoms with Crippen LogP contribution in [-0.4, -0.2) is 14.1 Å². The number of anilines is 1. The van der Waals surface area contributed by atoms with Crippen LogP contribution in [0.4, 0.5) is 5.69 Å². The normalized spacial score (nSPS) is 10.3. The van der Waals surface area contributed by atoms with Gasteiger partial charge in [-0.1, -0.05) is 19.4 Å². The second kappa shape index (κ2) is 5.04. The van der Waals surface area contributed by atoms with E-state index in [2.05, 4.69) is 51.0 Å². The second-order valence-corrected chi connectivity index (χ2v) is 4.11. The molecule has 0 saturated heterocycles. The van der Waals surface area contributed by atoms with E-state index in [1.807, 2.05) is 0 Å². The van der Waals surface area contributed by atoms with Gasteiger partial charge in [-0.05, 0) is 43.0 Å². The van der Waals surface area contributed by atoms with E-state index in [-0.39, 0.29) is 0 Å². The lowest BCUT2D eigenvalue weighted by atomic mass is 10.0. The van der Waals surface area contributed by atoms with Gasteiger partial charge in [0.25, 0.3) is 0 Å². The number of unbranched alkanes of at least 4 members (excludes halogenated alkanes) is 1. The first-order valence-electron chi connectivity index (χ1n) is 5.42. The van der Waals surface area contributed by atoms with Gasteiger partial charge in [0, 0.05) is 19.8 Å². The Morgan fingerprint density at radius 1 is 1.21 bits per heavy atom. The van der Waals surface area contributed by atoms with Crippen molar-refractivity contribution in [2.75, 3.05) is 19.0 Å². The number of hydrogen-bond donors (Lipinski definition) is 0. The van der Waals surface area contributed by atoms with Crippen molar-refractivity contribution in [1.29, 1.82) is 0 Å². The van der Waals surface area contributed by atoms with Crippen LogP contribution in [0.25, 0.3) is 0 Å². The van der Waals surface area contributed by atoms with Gasteiger partial charge in [0.1, 0.15) is 0 Å². The molecule has 0 saturated carbocycles. The van der Waals surface area contributed by atoms with Crippen molar-refractivity contribution in [1.82, 2.24) is 0 Å². The molecule has 1 heteroatoms. The van der Waals surface area contributed by atoms with E-state index in [0.717, 1.165) is 0 Å². The van der Waals surface area contributed by atoms with Crippen LogP contribution in [0.2, 0.25) is 0 Å². The molecule has 0 aliphatic heterocycles. The molecule has 0 bridgehead atoms. The highest BCUT2D eigenvalue weighted by molar-refractivity contribution is 5.49. The van der Waals surface area contributed by atoms with Crippen LogP contribution in [0, 0.1) is 6.92 Å². The molecule has 78 valence electrons. The van der Waals surface area contributed by atoms with Gasteiger partial charge < -0.3 is 4.90 Å². The summed E-state index contributed by atoms with van der Waals surface area (Å²) in [4.78, 5) is 2.16. The minimum absolute atomic E-state index is 1.21. The summed E-state index contributed by atoms with van der Waals surface area (Å²) in [5.74, 6) is 0. The van der Waals surface area contributed by atoms with E-state index >= 15 is 0 Å². The summed E-state index contributed by atoms with van der Waals surface area (Å²) in [6.45, 7) is 4.44. The van der Waals surface area contributed by atoms with Crippen LogP contribution >= 0.6 is 0 Å². The quantitative estimate of drug-likeness (QED) is 0.705. The lowest BCUT2D eigenvalue weighted by Crippen LogP contribution is -2.09. The summed E-state index contributed by atoms with van der Waals surface area (Å²) in [6.07, 6.45) is 3.77. The predicted molar refractivity (Wildman–Crippen MR) is 64.1 cm³/mol. The van der Waals surface area contributed by atoms with Crippen LogP contribution in [0.1, 0.15) is 30.9 Å². The molecule has 1 nitrogen and oxygen atoms in total. The van der Waals surface area contributed by atoms with Crippen molar-refractivity contribution in [2.45, 2.75) is 33.1 Å². The highest BCUT2D eigenvalue weighted by Crippen LogP contribution is 2.19. The molecule has 0 fully saturated rings. The van der Waals surface area contributed by atoms with E-state index < -0.39 is 0 Å². The molecular weight excluding hydrogens is 170 g/mol. The summed E-state index contributed by atoms with van der Waals surface area (Å²) in [5.41, 5.74) is 4.23. The molecule has 0 radical (unpaired) electrons. The van der Waals surface area contributed by atoms with E-state index in [1.54, 1.807) is 0 Å². The summed E-state index contributed by atoms with van der Waals surface area (Å²) in [5, 5.41) is 0. The maximum absolute atomic E-state index is 2.31. The van der Waals surface area contributed by atoms with Crippen molar-refractivity contribution < 1.29 is 0 Å². The SMILES string of the molecule is CCCCc1cc(N(C)C)ccc1C. The molecule has 1 aromatic carbocycles. The Labute approximate surface area is 87.7 Å². The third-order valence-electron chi connectivity index (χ3n) is 2.65. The first kappa shape index (κ1) is 11.1. The zero-order valence-electron chi connectivity index (χ0n) is 9.80. The third kappa shape index (κ3) is 2.76. The summed E-state index contributed by atoms with van der Waals surface area (Å²) >= 11 is 0. The standard InChI is InChI=1S/C13H21N/c1-5-6-7-12-10-13(14(3)4)9-8-11(12)2/h8-10H,5-7H2,1-4H3. The van der Waals surface area contributed by atoms with Gasteiger partial charge in [-0.15, -0.1) is 0 Å². The lowest BCUT2D eigenvalue weighted by Gasteiger charge is -2.15. The Balaban J connectivity index is 2.85. The molecule has 0 spiro atoms. The average Bonchev–Trinajstić information content (AvgIpc) is 2.16. The maximum atomic E-state index is 2.31. The summed E-state index contributed by atoms with van der Waals surface area (Å²) < 4.78 is 0. The molecule has 0 aliphatic carbocycles. The molecule has 0 heterocycles. The average molecular weight is 191 g/mol. The molecule has 0 atom stereocenters. The van der Waals surface area contributed by atoms with Crippen LogP contribution in [0.5, 0.6) is 0 Å².